The maximum Gasteiger partial charge on any atom is 0.144 e. The van der Waals surface area contributed by atoms with Crippen molar-refractivity contribution in [2.75, 3.05) is 25.6 Å². The largest absolute Gasteiger partial charge is 0.384 e. The van der Waals surface area contributed by atoms with Gasteiger partial charge in [-0.15, -0.1) is 0 Å². The third kappa shape index (κ3) is 3.03. The van der Waals surface area contributed by atoms with E-state index in [0.29, 0.717) is 15.9 Å². The van der Waals surface area contributed by atoms with Crippen molar-refractivity contribution >= 4 is 29.0 Å². The number of rotatable bonds is 5. The van der Waals surface area contributed by atoms with E-state index in [-0.39, 0.29) is 5.41 Å². The fraction of sp³-hybridized carbons (Fsp3) is 0.583. The molecule has 0 bridgehead atoms. The Labute approximate surface area is 111 Å². The second-order valence-corrected chi connectivity index (χ2v) is 5.47. The number of aromatic nitrogens is 1. The quantitative estimate of drug-likeness (QED) is 0.891. The molecule has 1 N–H and O–H groups in total. The minimum atomic E-state index is 0.249. The maximum absolute atomic E-state index is 6.06. The molecule has 1 fully saturated rings. The third-order valence-corrected chi connectivity index (χ3v) is 3.80. The lowest BCUT2D eigenvalue weighted by molar-refractivity contribution is 0.0282. The van der Waals surface area contributed by atoms with Gasteiger partial charge in [0.1, 0.15) is 5.82 Å². The molecule has 0 atom stereocenters. The number of hydrogen-bond acceptors (Lipinski definition) is 3. The number of nitrogens with one attached hydrogen (secondary N) is 1. The molecule has 2 rings (SSSR count). The molecule has 0 spiro atoms. The molecule has 1 aromatic heterocycles. The molecule has 0 aliphatic heterocycles. The second-order valence-electron chi connectivity index (χ2n) is 4.62. The molecule has 17 heavy (non-hydrogen) atoms. The molecule has 0 unspecified atom stereocenters. The number of nitrogens with zero attached hydrogens (tertiary/aromatic N) is 1. The molecular formula is C12H16Cl2N2O. The van der Waals surface area contributed by atoms with Gasteiger partial charge in [-0.1, -0.05) is 29.6 Å². The van der Waals surface area contributed by atoms with Crippen molar-refractivity contribution in [3.05, 3.63) is 22.3 Å². The molecule has 0 amide bonds. The Bertz CT molecular complexity index is 394. The van der Waals surface area contributed by atoms with E-state index < -0.39 is 0 Å². The van der Waals surface area contributed by atoms with Crippen LogP contribution in [0.1, 0.15) is 19.3 Å². The predicted molar refractivity (Wildman–Crippen MR) is 70.9 cm³/mol. The standard InChI is InChI=1S/C12H16Cl2N2O/c1-17-8-12(3-2-4-12)7-16-11-10(14)5-9(13)6-15-11/h5-6H,2-4,7-8H2,1H3,(H,15,16). The van der Waals surface area contributed by atoms with Crippen LogP contribution in [0.5, 0.6) is 0 Å². The summed E-state index contributed by atoms with van der Waals surface area (Å²) in [6.07, 6.45) is 5.25. The Kier molecular flexibility index (Phi) is 4.13. The molecule has 5 heteroatoms. The maximum atomic E-state index is 6.06. The van der Waals surface area contributed by atoms with Gasteiger partial charge in [0, 0.05) is 25.3 Å². The number of ether oxygens (including phenoxy) is 1. The first-order valence-corrected chi connectivity index (χ1v) is 6.45. The van der Waals surface area contributed by atoms with Crippen molar-refractivity contribution in [2.24, 2.45) is 5.41 Å². The average Bonchev–Trinajstić information content (AvgIpc) is 2.24. The van der Waals surface area contributed by atoms with Gasteiger partial charge in [0.25, 0.3) is 0 Å². The van der Waals surface area contributed by atoms with Crippen LogP contribution in [0.4, 0.5) is 5.82 Å². The summed E-state index contributed by atoms with van der Waals surface area (Å²) < 4.78 is 5.27. The first-order valence-electron chi connectivity index (χ1n) is 5.69. The highest BCUT2D eigenvalue weighted by molar-refractivity contribution is 6.35. The van der Waals surface area contributed by atoms with Crippen LogP contribution in [-0.2, 0) is 4.74 Å². The summed E-state index contributed by atoms with van der Waals surface area (Å²) >= 11 is 11.9. The highest BCUT2D eigenvalue weighted by Crippen LogP contribution is 2.41. The zero-order valence-corrected chi connectivity index (χ0v) is 11.3. The molecule has 1 aliphatic carbocycles. The van der Waals surface area contributed by atoms with E-state index in [4.69, 9.17) is 27.9 Å². The normalized spacial score (nSPS) is 17.6. The monoisotopic (exact) mass is 274 g/mol. The molecule has 1 aromatic rings. The van der Waals surface area contributed by atoms with Crippen molar-refractivity contribution in [3.63, 3.8) is 0 Å². The molecule has 1 heterocycles. The van der Waals surface area contributed by atoms with Crippen LogP contribution in [0.2, 0.25) is 10.0 Å². The molecule has 3 nitrogen and oxygen atoms in total. The Morgan fingerprint density at radius 3 is 2.76 bits per heavy atom. The van der Waals surface area contributed by atoms with Gasteiger partial charge >= 0.3 is 0 Å². The van der Waals surface area contributed by atoms with Crippen LogP contribution in [0.15, 0.2) is 12.3 Å². The number of hydrogen-bond donors (Lipinski definition) is 1. The molecule has 0 aromatic carbocycles. The van der Waals surface area contributed by atoms with E-state index in [0.717, 1.165) is 13.2 Å². The number of halogens is 2. The summed E-state index contributed by atoms with van der Waals surface area (Å²) in [5.41, 5.74) is 0.249. The van der Waals surface area contributed by atoms with Crippen LogP contribution in [0, 0.1) is 5.41 Å². The lowest BCUT2D eigenvalue weighted by Crippen LogP contribution is -2.40. The summed E-state index contributed by atoms with van der Waals surface area (Å²) in [7, 11) is 1.74. The molecule has 0 radical (unpaired) electrons. The number of pyridine rings is 1. The van der Waals surface area contributed by atoms with Crippen molar-refractivity contribution < 1.29 is 4.74 Å². The summed E-state index contributed by atoms with van der Waals surface area (Å²) in [6, 6.07) is 1.70. The Hall–Kier alpha value is -0.510. The SMILES string of the molecule is COCC1(CNc2ncc(Cl)cc2Cl)CCC1. The van der Waals surface area contributed by atoms with Crippen LogP contribution in [0.25, 0.3) is 0 Å². The van der Waals surface area contributed by atoms with Gasteiger partial charge < -0.3 is 10.1 Å². The van der Waals surface area contributed by atoms with E-state index in [1.54, 1.807) is 19.4 Å². The Morgan fingerprint density at radius 2 is 2.24 bits per heavy atom. The van der Waals surface area contributed by atoms with E-state index in [2.05, 4.69) is 10.3 Å². The summed E-state index contributed by atoms with van der Waals surface area (Å²) in [5, 5.41) is 4.40. The van der Waals surface area contributed by atoms with E-state index in [1.165, 1.54) is 19.3 Å². The van der Waals surface area contributed by atoms with Crippen LogP contribution in [-0.4, -0.2) is 25.2 Å². The van der Waals surface area contributed by atoms with Crippen molar-refractivity contribution in [1.29, 1.82) is 0 Å². The fourth-order valence-corrected chi connectivity index (χ4v) is 2.62. The summed E-state index contributed by atoms with van der Waals surface area (Å²) in [4.78, 5) is 4.18. The third-order valence-electron chi connectivity index (χ3n) is 3.30. The topological polar surface area (TPSA) is 34.1 Å². The number of anilines is 1. The Balaban J connectivity index is 1.97. The lowest BCUT2D eigenvalue weighted by atomic mass is 9.69. The van der Waals surface area contributed by atoms with E-state index >= 15 is 0 Å². The van der Waals surface area contributed by atoms with Gasteiger partial charge in [-0.3, -0.25) is 0 Å². The highest BCUT2D eigenvalue weighted by atomic mass is 35.5. The molecular weight excluding hydrogens is 259 g/mol. The smallest absolute Gasteiger partial charge is 0.144 e. The number of methoxy groups -OCH3 is 1. The molecule has 1 saturated carbocycles. The van der Waals surface area contributed by atoms with Crippen LogP contribution in [0.3, 0.4) is 0 Å². The highest BCUT2D eigenvalue weighted by Gasteiger charge is 2.36. The van der Waals surface area contributed by atoms with Gasteiger partial charge in [0.05, 0.1) is 16.7 Å². The van der Waals surface area contributed by atoms with Gasteiger partial charge in [0.2, 0.25) is 0 Å². The Morgan fingerprint density at radius 1 is 1.47 bits per heavy atom. The zero-order valence-electron chi connectivity index (χ0n) is 9.80. The van der Waals surface area contributed by atoms with Crippen molar-refractivity contribution in [3.8, 4) is 0 Å². The minimum absolute atomic E-state index is 0.249. The molecule has 94 valence electrons. The summed E-state index contributed by atoms with van der Waals surface area (Å²) in [5.74, 6) is 0.693. The second kappa shape index (κ2) is 5.42. The van der Waals surface area contributed by atoms with Gasteiger partial charge in [-0.05, 0) is 18.9 Å². The lowest BCUT2D eigenvalue weighted by Gasteiger charge is -2.41. The minimum Gasteiger partial charge on any atom is -0.384 e. The van der Waals surface area contributed by atoms with Crippen molar-refractivity contribution in [1.82, 2.24) is 4.98 Å². The first-order chi connectivity index (χ1) is 8.15. The van der Waals surface area contributed by atoms with Gasteiger partial charge in [-0.25, -0.2) is 4.98 Å². The van der Waals surface area contributed by atoms with Crippen LogP contribution >= 0.6 is 23.2 Å². The summed E-state index contributed by atoms with van der Waals surface area (Å²) in [6.45, 7) is 1.63. The zero-order chi connectivity index (χ0) is 12.3. The van der Waals surface area contributed by atoms with Gasteiger partial charge in [0.15, 0.2) is 0 Å². The molecule has 0 saturated heterocycles. The fourth-order valence-electron chi connectivity index (χ4n) is 2.17. The molecule has 1 aliphatic rings. The van der Waals surface area contributed by atoms with E-state index in [1.807, 2.05) is 0 Å². The van der Waals surface area contributed by atoms with Gasteiger partial charge in [-0.2, -0.15) is 0 Å². The van der Waals surface area contributed by atoms with Crippen LogP contribution < -0.4 is 5.32 Å². The average molecular weight is 275 g/mol. The van der Waals surface area contributed by atoms with Crippen molar-refractivity contribution in [2.45, 2.75) is 19.3 Å². The van der Waals surface area contributed by atoms with E-state index in [9.17, 15) is 0 Å². The first kappa shape index (κ1) is 12.9. The predicted octanol–water partition coefficient (Wildman–Crippen LogP) is 3.62.